The average Bonchev–Trinajstić information content (AvgIpc) is 2.48. The molecule has 0 saturated carbocycles. The second kappa shape index (κ2) is 6.14. The molecule has 0 aliphatic carbocycles. The van der Waals surface area contributed by atoms with Crippen molar-refractivity contribution in [3.63, 3.8) is 0 Å². The quantitative estimate of drug-likeness (QED) is 0.555. The van der Waals surface area contributed by atoms with E-state index < -0.39 is 7.12 Å². The lowest BCUT2D eigenvalue weighted by Gasteiger charge is -2.06. The van der Waals surface area contributed by atoms with Gasteiger partial charge >= 0.3 is 7.12 Å². The summed E-state index contributed by atoms with van der Waals surface area (Å²) in [6.45, 7) is 0. The van der Waals surface area contributed by atoms with Crippen molar-refractivity contribution in [2.45, 2.75) is 0 Å². The molecule has 1 amide bonds. The lowest BCUT2D eigenvalue weighted by molar-refractivity contribution is 0.102. The van der Waals surface area contributed by atoms with Gasteiger partial charge in [0, 0.05) is 16.8 Å². The molecule has 5 nitrogen and oxygen atoms in total. The van der Waals surface area contributed by atoms with Gasteiger partial charge in [0.05, 0.1) is 0 Å². The monoisotopic (exact) mass is 269 g/mol. The van der Waals surface area contributed by atoms with Gasteiger partial charge in [-0.15, -0.1) is 0 Å². The second-order valence-corrected chi connectivity index (χ2v) is 4.19. The fourth-order valence-electron chi connectivity index (χ4n) is 1.65. The Morgan fingerprint density at radius 1 is 1.00 bits per heavy atom. The van der Waals surface area contributed by atoms with Crippen molar-refractivity contribution in [3.8, 4) is 0 Å². The Hall–Kier alpha value is -2.44. The van der Waals surface area contributed by atoms with Crippen LogP contribution in [-0.4, -0.2) is 29.4 Å². The maximum absolute atomic E-state index is 11.9. The highest BCUT2D eigenvalue weighted by Crippen LogP contribution is 2.09. The van der Waals surface area contributed by atoms with Gasteiger partial charge < -0.3 is 15.4 Å². The van der Waals surface area contributed by atoms with E-state index in [1.807, 2.05) is 0 Å². The van der Waals surface area contributed by atoms with E-state index in [1.54, 1.807) is 36.4 Å². The largest absolute Gasteiger partial charge is 0.488 e. The van der Waals surface area contributed by atoms with Crippen LogP contribution in [0.15, 0.2) is 48.5 Å². The predicted octanol–water partition coefficient (Wildman–Crippen LogP) is 0.431. The van der Waals surface area contributed by atoms with E-state index in [0.717, 1.165) is 0 Å². The Kier molecular flexibility index (Phi) is 4.29. The number of hydrogen-bond acceptors (Lipinski definition) is 4. The lowest BCUT2D eigenvalue weighted by Crippen LogP contribution is -2.29. The molecule has 0 radical (unpaired) electrons. The minimum atomic E-state index is -1.53. The summed E-state index contributed by atoms with van der Waals surface area (Å²) in [4.78, 5) is 22.5. The van der Waals surface area contributed by atoms with Crippen molar-refractivity contribution in [1.82, 2.24) is 0 Å². The Morgan fingerprint density at radius 3 is 2.10 bits per heavy atom. The van der Waals surface area contributed by atoms with Crippen LogP contribution in [0.3, 0.4) is 0 Å². The first kappa shape index (κ1) is 14.0. The van der Waals surface area contributed by atoms with E-state index in [-0.39, 0.29) is 5.91 Å². The smallest absolute Gasteiger partial charge is 0.423 e. The SMILES string of the molecule is O=Cc1ccc(C(=O)Nc2ccc(B(O)O)cc2)cc1. The highest BCUT2D eigenvalue weighted by Gasteiger charge is 2.11. The van der Waals surface area contributed by atoms with E-state index in [2.05, 4.69) is 5.32 Å². The van der Waals surface area contributed by atoms with Gasteiger partial charge in [0.1, 0.15) is 6.29 Å². The van der Waals surface area contributed by atoms with Gasteiger partial charge in [-0.1, -0.05) is 24.3 Å². The zero-order valence-electron chi connectivity index (χ0n) is 10.5. The zero-order valence-corrected chi connectivity index (χ0v) is 10.5. The number of anilines is 1. The molecule has 0 bridgehead atoms. The fraction of sp³-hybridized carbons (Fsp3) is 0. The molecule has 0 heterocycles. The zero-order chi connectivity index (χ0) is 14.5. The fourth-order valence-corrected chi connectivity index (χ4v) is 1.65. The molecule has 0 spiro atoms. The van der Waals surface area contributed by atoms with Gasteiger partial charge in [-0.2, -0.15) is 0 Å². The summed E-state index contributed by atoms with van der Waals surface area (Å²) in [6, 6.07) is 12.4. The van der Waals surface area contributed by atoms with Crippen molar-refractivity contribution < 1.29 is 19.6 Å². The molecule has 0 aliphatic rings. The summed E-state index contributed by atoms with van der Waals surface area (Å²) < 4.78 is 0. The molecule has 0 fully saturated rings. The number of rotatable bonds is 4. The van der Waals surface area contributed by atoms with Gasteiger partial charge in [-0.05, 0) is 29.7 Å². The molecule has 100 valence electrons. The van der Waals surface area contributed by atoms with Crippen LogP contribution in [0.2, 0.25) is 0 Å². The van der Waals surface area contributed by atoms with Crippen molar-refractivity contribution >= 4 is 30.5 Å². The molecule has 2 aromatic rings. The standard InChI is InChI=1S/C14H12BNO4/c17-9-10-1-3-11(4-2-10)14(18)16-13-7-5-12(6-8-13)15(19)20/h1-9,19-20H,(H,16,18). The van der Waals surface area contributed by atoms with E-state index in [0.29, 0.717) is 28.6 Å². The number of carbonyl (C=O) groups excluding carboxylic acids is 2. The predicted molar refractivity (Wildman–Crippen MR) is 76.1 cm³/mol. The molecule has 0 atom stereocenters. The number of benzene rings is 2. The molecule has 6 heteroatoms. The van der Waals surface area contributed by atoms with Crippen LogP contribution in [-0.2, 0) is 0 Å². The number of aldehydes is 1. The molecule has 2 rings (SSSR count). The van der Waals surface area contributed by atoms with Crippen LogP contribution in [0.1, 0.15) is 20.7 Å². The first-order chi connectivity index (χ1) is 9.60. The lowest BCUT2D eigenvalue weighted by atomic mass is 9.80. The Balaban J connectivity index is 2.08. The van der Waals surface area contributed by atoms with Gasteiger partial charge in [0.15, 0.2) is 0 Å². The van der Waals surface area contributed by atoms with Crippen molar-refractivity contribution in [2.75, 3.05) is 5.32 Å². The van der Waals surface area contributed by atoms with Crippen LogP contribution in [0, 0.1) is 0 Å². The summed E-state index contributed by atoms with van der Waals surface area (Å²) in [6.07, 6.45) is 0.709. The number of hydrogen-bond donors (Lipinski definition) is 3. The summed E-state index contributed by atoms with van der Waals surface area (Å²) in [7, 11) is -1.53. The second-order valence-electron chi connectivity index (χ2n) is 4.19. The van der Waals surface area contributed by atoms with E-state index in [9.17, 15) is 9.59 Å². The third-order valence-corrected chi connectivity index (χ3v) is 2.78. The topological polar surface area (TPSA) is 86.6 Å². The molecular formula is C14H12BNO4. The van der Waals surface area contributed by atoms with E-state index in [4.69, 9.17) is 10.0 Å². The Labute approximate surface area is 116 Å². The van der Waals surface area contributed by atoms with Crippen molar-refractivity contribution in [1.29, 1.82) is 0 Å². The summed E-state index contributed by atoms with van der Waals surface area (Å²) in [5.41, 5.74) is 1.82. The minimum absolute atomic E-state index is 0.306. The van der Waals surface area contributed by atoms with Gasteiger partial charge in [0.25, 0.3) is 5.91 Å². The Bertz CT molecular complexity index is 608. The number of nitrogens with one attached hydrogen (secondary N) is 1. The van der Waals surface area contributed by atoms with Crippen molar-refractivity contribution in [3.05, 3.63) is 59.7 Å². The van der Waals surface area contributed by atoms with Gasteiger partial charge in [-0.25, -0.2) is 0 Å². The van der Waals surface area contributed by atoms with Gasteiger partial charge in [-0.3, -0.25) is 9.59 Å². The van der Waals surface area contributed by atoms with Crippen LogP contribution in [0.25, 0.3) is 0 Å². The third-order valence-electron chi connectivity index (χ3n) is 2.78. The first-order valence-electron chi connectivity index (χ1n) is 5.93. The molecular weight excluding hydrogens is 257 g/mol. The third kappa shape index (κ3) is 3.31. The maximum atomic E-state index is 11.9. The average molecular weight is 269 g/mol. The van der Waals surface area contributed by atoms with E-state index >= 15 is 0 Å². The molecule has 0 unspecified atom stereocenters. The number of amides is 1. The van der Waals surface area contributed by atoms with Gasteiger partial charge in [0.2, 0.25) is 0 Å². The Morgan fingerprint density at radius 2 is 1.60 bits per heavy atom. The van der Waals surface area contributed by atoms with Crippen LogP contribution < -0.4 is 10.8 Å². The highest BCUT2D eigenvalue weighted by atomic mass is 16.4. The first-order valence-corrected chi connectivity index (χ1v) is 5.93. The molecule has 2 aromatic carbocycles. The maximum Gasteiger partial charge on any atom is 0.488 e. The summed E-state index contributed by atoms with van der Waals surface area (Å²) >= 11 is 0. The molecule has 0 aromatic heterocycles. The van der Waals surface area contributed by atoms with Crippen LogP contribution >= 0.6 is 0 Å². The molecule has 0 aliphatic heterocycles. The minimum Gasteiger partial charge on any atom is -0.423 e. The summed E-state index contributed by atoms with van der Waals surface area (Å²) in [5, 5.41) is 20.6. The molecule has 0 saturated heterocycles. The highest BCUT2D eigenvalue weighted by molar-refractivity contribution is 6.58. The van der Waals surface area contributed by atoms with Crippen LogP contribution in [0.5, 0.6) is 0 Å². The van der Waals surface area contributed by atoms with Crippen molar-refractivity contribution in [2.24, 2.45) is 0 Å². The number of carbonyl (C=O) groups is 2. The molecule has 3 N–H and O–H groups in total. The van der Waals surface area contributed by atoms with E-state index in [1.165, 1.54) is 12.1 Å². The normalized spacial score (nSPS) is 9.90. The summed E-state index contributed by atoms with van der Waals surface area (Å²) in [5.74, 6) is -0.306. The molecule has 20 heavy (non-hydrogen) atoms. The van der Waals surface area contributed by atoms with Crippen LogP contribution in [0.4, 0.5) is 5.69 Å².